The second kappa shape index (κ2) is 5.20. The molecule has 0 radical (unpaired) electrons. The second-order valence-corrected chi connectivity index (χ2v) is 5.64. The predicted octanol–water partition coefficient (Wildman–Crippen LogP) is 2.07. The number of carbonyl (C=O) groups is 2. The molecule has 1 saturated heterocycles. The fourth-order valence-electron chi connectivity index (χ4n) is 2.26. The highest BCUT2D eigenvalue weighted by Crippen LogP contribution is 2.24. The van der Waals surface area contributed by atoms with Gasteiger partial charge in [0.15, 0.2) is 0 Å². The normalized spacial score (nSPS) is 18.1. The summed E-state index contributed by atoms with van der Waals surface area (Å²) in [6, 6.07) is 7.55. The van der Waals surface area contributed by atoms with Crippen molar-refractivity contribution < 1.29 is 9.59 Å². The number of para-hydroxylation sites is 1. The number of halogens is 1. The summed E-state index contributed by atoms with van der Waals surface area (Å²) < 4.78 is 0.888. The van der Waals surface area contributed by atoms with E-state index in [9.17, 15) is 9.59 Å². The van der Waals surface area contributed by atoms with E-state index < -0.39 is 0 Å². The molecule has 3 rings (SSSR count). The van der Waals surface area contributed by atoms with E-state index in [1.54, 1.807) is 6.20 Å². The average molecular weight is 334 g/mol. The highest BCUT2D eigenvalue weighted by molar-refractivity contribution is 9.10. The van der Waals surface area contributed by atoms with Gasteiger partial charge in [0, 0.05) is 29.0 Å². The number of hydrogen-bond acceptors (Lipinski definition) is 3. The van der Waals surface area contributed by atoms with Crippen molar-refractivity contribution in [2.45, 2.75) is 6.42 Å². The van der Waals surface area contributed by atoms with E-state index in [0.717, 1.165) is 15.4 Å². The van der Waals surface area contributed by atoms with Gasteiger partial charge in [-0.3, -0.25) is 14.6 Å². The number of nitrogens with zero attached hydrogens (tertiary/aromatic N) is 1. The molecule has 5 nitrogen and oxygen atoms in total. The van der Waals surface area contributed by atoms with Crippen LogP contribution in [0.15, 0.2) is 34.9 Å². The third-order valence-corrected chi connectivity index (χ3v) is 3.72. The molecule has 1 unspecified atom stereocenters. The van der Waals surface area contributed by atoms with Gasteiger partial charge in [-0.15, -0.1) is 0 Å². The van der Waals surface area contributed by atoms with E-state index >= 15 is 0 Å². The molecule has 2 N–H and O–H groups in total. The molecule has 1 aliphatic heterocycles. The molecular formula is C14H12BrN3O2. The van der Waals surface area contributed by atoms with Crippen LogP contribution in [0, 0.1) is 5.92 Å². The molecule has 2 aromatic rings. The summed E-state index contributed by atoms with van der Waals surface area (Å²) in [6.07, 6.45) is 1.94. The number of nitrogens with one attached hydrogen (secondary N) is 2. The Morgan fingerprint density at radius 1 is 1.45 bits per heavy atom. The van der Waals surface area contributed by atoms with E-state index in [2.05, 4.69) is 31.5 Å². The van der Waals surface area contributed by atoms with Crippen LogP contribution in [0.25, 0.3) is 10.9 Å². The van der Waals surface area contributed by atoms with Gasteiger partial charge in [-0.2, -0.15) is 0 Å². The molecule has 20 heavy (non-hydrogen) atoms. The van der Waals surface area contributed by atoms with Crippen LogP contribution in [0.4, 0.5) is 5.69 Å². The smallest absolute Gasteiger partial charge is 0.229 e. The highest BCUT2D eigenvalue weighted by atomic mass is 79.9. The number of hydrogen-bond donors (Lipinski definition) is 2. The molecule has 0 spiro atoms. The van der Waals surface area contributed by atoms with Crippen molar-refractivity contribution in [1.29, 1.82) is 0 Å². The summed E-state index contributed by atoms with van der Waals surface area (Å²) in [5.41, 5.74) is 1.40. The topological polar surface area (TPSA) is 71.1 Å². The average Bonchev–Trinajstić information content (AvgIpc) is 2.85. The van der Waals surface area contributed by atoms with Crippen LogP contribution in [0.3, 0.4) is 0 Å². The molecule has 6 heteroatoms. The Balaban J connectivity index is 1.87. The molecule has 0 saturated carbocycles. The molecule has 1 aliphatic rings. The maximum atomic E-state index is 12.1. The lowest BCUT2D eigenvalue weighted by atomic mass is 10.1. The van der Waals surface area contributed by atoms with Crippen molar-refractivity contribution in [1.82, 2.24) is 10.3 Å². The van der Waals surface area contributed by atoms with Crippen molar-refractivity contribution in [3.8, 4) is 0 Å². The van der Waals surface area contributed by atoms with Crippen LogP contribution in [0.2, 0.25) is 0 Å². The fourth-order valence-corrected chi connectivity index (χ4v) is 2.61. The van der Waals surface area contributed by atoms with Crippen LogP contribution < -0.4 is 10.6 Å². The van der Waals surface area contributed by atoms with E-state index in [1.807, 2.05) is 24.3 Å². The standard InChI is InChI=1S/C14H12BrN3O2/c15-10-4-8-2-1-3-11(13(8)17-7-10)18-14(20)9-5-12(19)16-6-9/h1-4,7,9H,5-6H2,(H,16,19)(H,18,20). The van der Waals surface area contributed by atoms with Gasteiger partial charge in [-0.05, 0) is 28.1 Å². The molecule has 2 heterocycles. The maximum absolute atomic E-state index is 12.1. The summed E-state index contributed by atoms with van der Waals surface area (Å²) >= 11 is 3.37. The first kappa shape index (κ1) is 13.1. The molecule has 0 bridgehead atoms. The van der Waals surface area contributed by atoms with Crippen LogP contribution in [0.5, 0.6) is 0 Å². The van der Waals surface area contributed by atoms with Gasteiger partial charge in [0.2, 0.25) is 11.8 Å². The van der Waals surface area contributed by atoms with Crippen LogP contribution in [-0.4, -0.2) is 23.3 Å². The Morgan fingerprint density at radius 3 is 3.05 bits per heavy atom. The van der Waals surface area contributed by atoms with Crippen LogP contribution in [-0.2, 0) is 9.59 Å². The summed E-state index contributed by atoms with van der Waals surface area (Å²) in [5.74, 6) is -0.543. The third-order valence-electron chi connectivity index (χ3n) is 3.28. The summed E-state index contributed by atoms with van der Waals surface area (Å²) in [7, 11) is 0. The number of fused-ring (bicyclic) bond motifs is 1. The quantitative estimate of drug-likeness (QED) is 0.883. The third kappa shape index (κ3) is 2.51. The predicted molar refractivity (Wildman–Crippen MR) is 79.2 cm³/mol. The van der Waals surface area contributed by atoms with Gasteiger partial charge in [0.1, 0.15) is 0 Å². The van der Waals surface area contributed by atoms with Gasteiger partial charge in [-0.25, -0.2) is 0 Å². The number of amides is 2. The molecule has 1 fully saturated rings. The van der Waals surface area contributed by atoms with Crippen molar-refractivity contribution >= 4 is 44.3 Å². The minimum absolute atomic E-state index is 0.0786. The minimum Gasteiger partial charge on any atom is -0.355 e. The minimum atomic E-state index is -0.312. The van der Waals surface area contributed by atoms with E-state index in [-0.39, 0.29) is 24.2 Å². The molecular weight excluding hydrogens is 322 g/mol. The fraction of sp³-hybridized carbons (Fsp3) is 0.214. The van der Waals surface area contributed by atoms with E-state index in [4.69, 9.17) is 0 Å². The van der Waals surface area contributed by atoms with Crippen LogP contribution in [0.1, 0.15) is 6.42 Å². The molecule has 1 aromatic heterocycles. The largest absolute Gasteiger partial charge is 0.355 e. The Bertz CT molecular complexity index is 702. The zero-order valence-electron chi connectivity index (χ0n) is 10.5. The van der Waals surface area contributed by atoms with Gasteiger partial charge in [0.25, 0.3) is 0 Å². The Hall–Kier alpha value is -1.95. The van der Waals surface area contributed by atoms with Crippen molar-refractivity contribution in [2.75, 3.05) is 11.9 Å². The number of anilines is 1. The number of aromatic nitrogens is 1. The van der Waals surface area contributed by atoms with Crippen molar-refractivity contribution in [3.05, 3.63) is 34.9 Å². The van der Waals surface area contributed by atoms with Crippen LogP contribution >= 0.6 is 15.9 Å². The lowest BCUT2D eigenvalue weighted by molar-refractivity contribution is -0.123. The van der Waals surface area contributed by atoms with Gasteiger partial charge in [0.05, 0.1) is 17.1 Å². The van der Waals surface area contributed by atoms with Gasteiger partial charge >= 0.3 is 0 Å². The molecule has 1 atom stereocenters. The van der Waals surface area contributed by atoms with Crippen molar-refractivity contribution in [2.24, 2.45) is 5.92 Å². The monoisotopic (exact) mass is 333 g/mol. The van der Waals surface area contributed by atoms with E-state index in [1.165, 1.54) is 0 Å². The summed E-state index contributed by atoms with van der Waals surface area (Å²) in [4.78, 5) is 27.6. The molecule has 2 amide bonds. The zero-order valence-corrected chi connectivity index (χ0v) is 12.1. The maximum Gasteiger partial charge on any atom is 0.229 e. The second-order valence-electron chi connectivity index (χ2n) is 4.73. The van der Waals surface area contributed by atoms with Gasteiger partial charge < -0.3 is 10.6 Å². The van der Waals surface area contributed by atoms with E-state index in [0.29, 0.717) is 12.2 Å². The first-order valence-electron chi connectivity index (χ1n) is 6.25. The SMILES string of the molecule is O=C1CC(C(=O)Nc2cccc3cc(Br)cnc23)CN1. The first-order chi connectivity index (χ1) is 9.63. The van der Waals surface area contributed by atoms with Gasteiger partial charge in [-0.1, -0.05) is 12.1 Å². The first-order valence-corrected chi connectivity index (χ1v) is 7.04. The number of rotatable bonds is 2. The molecule has 102 valence electrons. The zero-order chi connectivity index (χ0) is 14.1. The lowest BCUT2D eigenvalue weighted by Crippen LogP contribution is -2.24. The number of benzene rings is 1. The summed E-state index contributed by atoms with van der Waals surface area (Å²) in [5, 5.41) is 6.46. The lowest BCUT2D eigenvalue weighted by Gasteiger charge is -2.11. The molecule has 1 aromatic carbocycles. The molecule has 0 aliphatic carbocycles. The van der Waals surface area contributed by atoms with Crippen molar-refractivity contribution in [3.63, 3.8) is 0 Å². The number of carbonyl (C=O) groups excluding carboxylic acids is 2. The Labute approximate surface area is 123 Å². The Morgan fingerprint density at radius 2 is 2.30 bits per heavy atom. The summed E-state index contributed by atoms with van der Waals surface area (Å²) in [6.45, 7) is 0.397. The Kier molecular flexibility index (Phi) is 3.40. The highest BCUT2D eigenvalue weighted by Gasteiger charge is 2.28. The number of pyridine rings is 1.